The van der Waals surface area contributed by atoms with E-state index in [9.17, 15) is 13.2 Å². The summed E-state index contributed by atoms with van der Waals surface area (Å²) in [6, 6.07) is 0. The first-order valence-electron chi connectivity index (χ1n) is 4.63. The fraction of sp³-hybridized carbons (Fsp3) is 0.364. The first kappa shape index (κ1) is 11.8. The van der Waals surface area contributed by atoms with E-state index in [0.717, 1.165) is 24.1 Å². The second kappa shape index (κ2) is 4.47. The summed E-state index contributed by atoms with van der Waals surface area (Å²) in [7, 11) is 1.49. The molecule has 1 rings (SSSR count). The predicted molar refractivity (Wildman–Crippen MR) is 55.0 cm³/mol. The normalized spacial score (nSPS) is 22.3. The highest BCUT2D eigenvalue weighted by atomic mass is 19.4. The van der Waals surface area contributed by atoms with Crippen LogP contribution in [0.4, 0.5) is 13.2 Å². The molecule has 0 bridgehead atoms. The molecule has 1 aliphatic rings. The highest BCUT2D eigenvalue weighted by molar-refractivity contribution is 6.12. The summed E-state index contributed by atoms with van der Waals surface area (Å²) >= 11 is 0. The van der Waals surface area contributed by atoms with Gasteiger partial charge in [-0.15, -0.1) is 0 Å². The van der Waals surface area contributed by atoms with Crippen LogP contribution < -0.4 is 0 Å². The molecule has 0 aromatic rings. The molecule has 0 heterocycles. The van der Waals surface area contributed by atoms with Crippen LogP contribution in [-0.2, 0) is 0 Å². The van der Waals surface area contributed by atoms with Crippen LogP contribution in [0.2, 0.25) is 0 Å². The zero-order valence-corrected chi connectivity index (χ0v) is 8.60. The minimum absolute atomic E-state index is 0.381. The molecule has 0 amide bonds. The molecule has 1 aliphatic carbocycles. The third kappa shape index (κ3) is 2.81. The van der Waals surface area contributed by atoms with E-state index < -0.39 is 11.7 Å². The monoisotopic (exact) mass is 215 g/mol. The van der Waals surface area contributed by atoms with E-state index in [2.05, 4.69) is 4.99 Å². The number of allylic oxidation sites excluding steroid dienone is 6. The van der Waals surface area contributed by atoms with Gasteiger partial charge in [0.25, 0.3) is 0 Å². The molecule has 0 fully saturated rings. The van der Waals surface area contributed by atoms with Crippen LogP contribution >= 0.6 is 0 Å². The molecule has 1 nitrogen and oxygen atoms in total. The lowest BCUT2D eigenvalue weighted by molar-refractivity contribution is -0.0881. The van der Waals surface area contributed by atoms with Crippen molar-refractivity contribution in [2.45, 2.75) is 19.5 Å². The molecule has 0 saturated carbocycles. The summed E-state index contributed by atoms with van der Waals surface area (Å²) in [5.74, 6) is 0. The molecular formula is C11H12F3N. The van der Waals surface area contributed by atoms with Gasteiger partial charge in [0.1, 0.15) is 0 Å². The third-order valence-corrected chi connectivity index (χ3v) is 2.02. The minimum atomic E-state index is -4.30. The molecule has 82 valence electrons. The average molecular weight is 215 g/mol. The topological polar surface area (TPSA) is 12.4 Å². The lowest BCUT2D eigenvalue weighted by Gasteiger charge is -2.13. The lowest BCUT2D eigenvalue weighted by atomic mass is 9.99. The van der Waals surface area contributed by atoms with Gasteiger partial charge in [-0.3, -0.25) is 4.99 Å². The molecule has 0 N–H and O–H groups in total. The van der Waals surface area contributed by atoms with Crippen molar-refractivity contribution >= 4 is 5.71 Å². The number of nitrogens with zero attached hydrogens (tertiary/aromatic N) is 1. The maximum Gasteiger partial charge on any atom is 0.416 e. The first-order chi connectivity index (χ1) is 6.99. The number of rotatable bonds is 1. The van der Waals surface area contributed by atoms with Gasteiger partial charge >= 0.3 is 6.18 Å². The van der Waals surface area contributed by atoms with E-state index in [1.807, 2.05) is 13.0 Å². The van der Waals surface area contributed by atoms with Crippen LogP contribution in [0.3, 0.4) is 0 Å². The Balaban J connectivity index is 3.06. The molecule has 4 heteroatoms. The molecule has 0 unspecified atom stereocenters. The largest absolute Gasteiger partial charge is 0.416 e. The Morgan fingerprint density at radius 3 is 2.47 bits per heavy atom. The Labute approximate surface area is 86.7 Å². The van der Waals surface area contributed by atoms with E-state index in [1.165, 1.54) is 13.1 Å². The van der Waals surface area contributed by atoms with E-state index in [0.29, 0.717) is 5.71 Å². The fourth-order valence-corrected chi connectivity index (χ4v) is 1.31. The van der Waals surface area contributed by atoms with Crippen LogP contribution in [0.15, 0.2) is 40.4 Å². The van der Waals surface area contributed by atoms with Crippen molar-refractivity contribution in [1.82, 2.24) is 0 Å². The summed E-state index contributed by atoms with van der Waals surface area (Å²) in [6.07, 6.45) is 1.92. The Bertz CT molecular complexity index is 357. The maximum absolute atomic E-state index is 12.4. The first-order valence-corrected chi connectivity index (χ1v) is 4.63. The van der Waals surface area contributed by atoms with Crippen LogP contribution in [0.5, 0.6) is 0 Å². The summed E-state index contributed by atoms with van der Waals surface area (Å²) in [6.45, 7) is 1.93. The van der Waals surface area contributed by atoms with Crippen molar-refractivity contribution in [3.05, 3.63) is 35.5 Å². The Hall–Kier alpha value is -1.32. The molecule has 0 spiro atoms. The highest BCUT2D eigenvalue weighted by Gasteiger charge is 2.33. The van der Waals surface area contributed by atoms with Crippen LogP contribution in [-0.4, -0.2) is 18.9 Å². The molecule has 0 aromatic carbocycles. The van der Waals surface area contributed by atoms with Gasteiger partial charge in [-0.1, -0.05) is 19.1 Å². The van der Waals surface area contributed by atoms with E-state index in [1.54, 1.807) is 0 Å². The van der Waals surface area contributed by atoms with Crippen LogP contribution in [0, 0.1) is 0 Å². The Kier molecular flexibility index (Phi) is 3.50. The van der Waals surface area contributed by atoms with Crippen molar-refractivity contribution in [3.8, 4) is 0 Å². The average Bonchev–Trinajstić information content (AvgIpc) is 2.17. The number of hydrogen-bond donors (Lipinski definition) is 0. The van der Waals surface area contributed by atoms with E-state index in [4.69, 9.17) is 0 Å². The second-order valence-electron chi connectivity index (χ2n) is 3.11. The van der Waals surface area contributed by atoms with Gasteiger partial charge in [-0.05, 0) is 24.1 Å². The Morgan fingerprint density at radius 1 is 1.33 bits per heavy atom. The van der Waals surface area contributed by atoms with Gasteiger partial charge in [-0.25, -0.2) is 0 Å². The highest BCUT2D eigenvalue weighted by Crippen LogP contribution is 2.29. The smallest absolute Gasteiger partial charge is 0.288 e. The summed E-state index contributed by atoms with van der Waals surface area (Å²) in [4.78, 5) is 3.83. The number of alkyl halides is 3. The molecular weight excluding hydrogens is 203 g/mol. The van der Waals surface area contributed by atoms with Gasteiger partial charge in [0.2, 0.25) is 0 Å². The van der Waals surface area contributed by atoms with Gasteiger partial charge < -0.3 is 0 Å². The summed E-state index contributed by atoms with van der Waals surface area (Å²) in [5.41, 5.74) is 0.469. The summed E-state index contributed by atoms with van der Waals surface area (Å²) < 4.78 is 37.1. The standard InChI is InChI=1S/C11H12F3N/c1-3-4-8-5-6-9(11(12,13)14)7-10(8)15-2/h4-7H,3H2,1-2H3/b8-4-,15-10?. The molecule has 0 aromatic heterocycles. The quantitative estimate of drug-likeness (QED) is 0.635. The molecule has 0 atom stereocenters. The van der Waals surface area contributed by atoms with Crippen LogP contribution in [0.1, 0.15) is 13.3 Å². The van der Waals surface area contributed by atoms with E-state index >= 15 is 0 Å². The van der Waals surface area contributed by atoms with Crippen molar-refractivity contribution < 1.29 is 13.2 Å². The van der Waals surface area contributed by atoms with Crippen molar-refractivity contribution in [1.29, 1.82) is 0 Å². The van der Waals surface area contributed by atoms with Gasteiger partial charge in [0.05, 0.1) is 11.3 Å². The number of aliphatic imine (C=N–C) groups is 1. The van der Waals surface area contributed by atoms with Crippen molar-refractivity contribution in [2.24, 2.45) is 4.99 Å². The van der Waals surface area contributed by atoms with Gasteiger partial charge in [0, 0.05) is 7.05 Å². The third-order valence-electron chi connectivity index (χ3n) is 2.02. The number of halogens is 3. The summed E-state index contributed by atoms with van der Waals surface area (Å²) in [5, 5.41) is 0. The predicted octanol–water partition coefficient (Wildman–Crippen LogP) is 3.45. The maximum atomic E-state index is 12.4. The fourth-order valence-electron chi connectivity index (χ4n) is 1.31. The Morgan fingerprint density at radius 2 is 2.00 bits per heavy atom. The lowest BCUT2D eigenvalue weighted by Crippen LogP contribution is -2.15. The second-order valence-corrected chi connectivity index (χ2v) is 3.11. The zero-order valence-electron chi connectivity index (χ0n) is 8.60. The van der Waals surface area contributed by atoms with Crippen molar-refractivity contribution in [2.75, 3.05) is 7.05 Å². The molecule has 0 radical (unpaired) electrons. The minimum Gasteiger partial charge on any atom is -0.288 e. The SMILES string of the molecule is CC/C=C1/C=CC(C(F)(F)F)=CC1=NC. The zero-order chi connectivity index (χ0) is 11.5. The van der Waals surface area contributed by atoms with Crippen molar-refractivity contribution in [3.63, 3.8) is 0 Å². The molecule has 0 saturated heterocycles. The van der Waals surface area contributed by atoms with E-state index in [-0.39, 0.29) is 0 Å². The number of hydrogen-bond acceptors (Lipinski definition) is 1. The molecule has 0 aliphatic heterocycles. The van der Waals surface area contributed by atoms with Crippen LogP contribution in [0.25, 0.3) is 0 Å². The van der Waals surface area contributed by atoms with Gasteiger partial charge in [-0.2, -0.15) is 13.2 Å². The molecule has 15 heavy (non-hydrogen) atoms. The van der Waals surface area contributed by atoms with Gasteiger partial charge in [0.15, 0.2) is 0 Å².